The highest BCUT2D eigenvalue weighted by Gasteiger charge is 2.71. The molecule has 374 valence electrons. The van der Waals surface area contributed by atoms with E-state index < -0.39 is 107 Å². The summed E-state index contributed by atoms with van der Waals surface area (Å²) in [4.78, 5) is 54.0. The number of aliphatic hydroxyl groups is 5. The first-order valence-corrected chi connectivity index (χ1v) is 24.7. The van der Waals surface area contributed by atoms with Gasteiger partial charge in [-0.05, 0) is 123 Å². The first kappa shape index (κ1) is 51.3. The lowest BCUT2D eigenvalue weighted by Gasteiger charge is -2.70. The van der Waals surface area contributed by atoms with Crippen molar-refractivity contribution in [3.63, 3.8) is 0 Å². The van der Waals surface area contributed by atoms with Crippen molar-refractivity contribution in [2.24, 2.45) is 50.2 Å². The molecule has 7 aliphatic rings. The number of carboxylic acid groups (broad SMARTS) is 1. The Balaban J connectivity index is 1.17. The maximum atomic E-state index is 15.0. The van der Waals surface area contributed by atoms with Gasteiger partial charge in [0, 0.05) is 5.92 Å². The van der Waals surface area contributed by atoms with Gasteiger partial charge in [-0.2, -0.15) is 0 Å². The second kappa shape index (κ2) is 18.7. The number of ketones is 1. The minimum absolute atomic E-state index is 0.00910. The number of esters is 2. The summed E-state index contributed by atoms with van der Waals surface area (Å²) in [6, 6.07) is 0. The molecule has 0 unspecified atom stereocenters. The average Bonchev–Trinajstić information content (AvgIpc) is 3.25. The normalized spacial score (nSPS) is 47.5. The lowest BCUT2D eigenvalue weighted by Crippen LogP contribution is -2.68. The largest absolute Gasteiger partial charge is 0.481 e. The van der Waals surface area contributed by atoms with Gasteiger partial charge in [0.05, 0.1) is 24.7 Å². The average molecular weight is 935 g/mol. The molecule has 19 atom stereocenters. The van der Waals surface area contributed by atoms with Crippen LogP contribution in [-0.2, 0) is 47.6 Å². The molecule has 0 spiro atoms. The number of hydrogen-bond donors (Lipinski definition) is 6. The standard InChI is InChI=1S/C50H78O16/c1-10-12-22-61-40(57)36-32(53)31(52)35(56)42(64-36)66-38-34(55)33(54)37(41(58)62-23-13-11-2)65-43(38)63-30-15-16-48(7)29(45(30,3)4)14-17-50(9)39(48)28(51)24-26-27-25-47(6,44(59)60)19-18-46(27,5)20-21-49(26,50)8/h24,27,29-39,42-43,52-56H,10-23,25H2,1-9H3,(H,59,60)/t27-,29-,30-,31-,32-,33-,34-,35+,36-,37-,38+,39+,42-,43+,46+,47-,48-,49+,50+/m0/s1. The van der Waals surface area contributed by atoms with E-state index in [1.54, 1.807) is 0 Å². The summed E-state index contributed by atoms with van der Waals surface area (Å²) >= 11 is 0. The first-order chi connectivity index (χ1) is 30.8. The molecule has 2 saturated heterocycles. The summed E-state index contributed by atoms with van der Waals surface area (Å²) in [6.45, 7) is 19.0. The van der Waals surface area contributed by atoms with Crippen molar-refractivity contribution in [3.8, 4) is 0 Å². The van der Waals surface area contributed by atoms with Crippen molar-refractivity contribution in [2.75, 3.05) is 13.2 Å². The zero-order valence-electron chi connectivity index (χ0n) is 40.5. The lowest BCUT2D eigenvalue weighted by atomic mass is 9.33. The van der Waals surface area contributed by atoms with Crippen LogP contribution >= 0.6 is 0 Å². The monoisotopic (exact) mass is 935 g/mol. The molecule has 66 heavy (non-hydrogen) atoms. The van der Waals surface area contributed by atoms with Crippen LogP contribution in [0.2, 0.25) is 0 Å². The fourth-order valence-corrected chi connectivity index (χ4v) is 14.1. The van der Waals surface area contributed by atoms with Gasteiger partial charge in [-0.3, -0.25) is 9.59 Å². The Kier molecular flexibility index (Phi) is 14.5. The van der Waals surface area contributed by atoms with Gasteiger partial charge in [0.2, 0.25) is 0 Å². The van der Waals surface area contributed by atoms with E-state index in [1.807, 2.05) is 26.8 Å². The van der Waals surface area contributed by atoms with E-state index in [0.29, 0.717) is 38.5 Å². The predicted molar refractivity (Wildman–Crippen MR) is 236 cm³/mol. The topological polar surface area (TPSA) is 245 Å². The zero-order valence-corrected chi connectivity index (χ0v) is 40.5. The molecule has 0 aromatic carbocycles. The molecular weight excluding hydrogens is 857 g/mol. The SMILES string of the molecule is CCCCOC(=O)[C@H]1O[C@@H](O[C@H]2[C@H](O[C@H]3CC[C@]4(C)[C@H]5C(=O)C=C6[C@@H]7C[C@@](C)(C(=O)O)CC[C@]7(C)CC[C@@]6(C)[C@]5(C)CC[C@H]4C3(C)C)O[C@H](C(=O)OCCCC)[C@@H](O)[C@@H]2O)[C@H](O)[C@@H](O)[C@@H]1O. The predicted octanol–water partition coefficient (Wildman–Crippen LogP) is 4.76. The number of allylic oxidation sites excluding steroid dienone is 2. The molecule has 2 aliphatic heterocycles. The van der Waals surface area contributed by atoms with Gasteiger partial charge in [-0.1, -0.05) is 73.8 Å². The van der Waals surface area contributed by atoms with Gasteiger partial charge in [0.25, 0.3) is 0 Å². The molecule has 7 rings (SSSR count). The summed E-state index contributed by atoms with van der Waals surface area (Å²) in [5, 5.41) is 66.1. The van der Waals surface area contributed by atoms with Crippen molar-refractivity contribution in [1.82, 2.24) is 0 Å². The number of rotatable bonds is 13. The van der Waals surface area contributed by atoms with Crippen molar-refractivity contribution in [3.05, 3.63) is 11.6 Å². The number of hydrogen-bond acceptors (Lipinski definition) is 15. The molecule has 6 N–H and O–H groups in total. The Bertz CT molecular complexity index is 1870. The number of fused-ring (bicyclic) bond motifs is 7. The highest BCUT2D eigenvalue weighted by Crippen LogP contribution is 2.75. The number of carboxylic acids is 1. The smallest absolute Gasteiger partial charge is 0.338 e. The maximum absolute atomic E-state index is 15.0. The van der Waals surface area contributed by atoms with E-state index in [2.05, 4.69) is 41.5 Å². The summed E-state index contributed by atoms with van der Waals surface area (Å²) in [7, 11) is 0. The third-order valence-corrected chi connectivity index (χ3v) is 18.7. The highest BCUT2D eigenvalue weighted by molar-refractivity contribution is 5.95. The van der Waals surface area contributed by atoms with Crippen LogP contribution in [0.15, 0.2) is 11.6 Å². The molecule has 0 aromatic rings. The van der Waals surface area contributed by atoms with Gasteiger partial charge in [0.1, 0.15) is 36.6 Å². The molecule has 16 nitrogen and oxygen atoms in total. The van der Waals surface area contributed by atoms with E-state index in [4.69, 9.17) is 28.4 Å². The second-order valence-electron chi connectivity index (χ2n) is 23.0. The second-order valence-corrected chi connectivity index (χ2v) is 23.0. The van der Waals surface area contributed by atoms with E-state index >= 15 is 4.79 Å². The van der Waals surface area contributed by atoms with Gasteiger partial charge in [-0.25, -0.2) is 9.59 Å². The van der Waals surface area contributed by atoms with Crippen LogP contribution in [0.3, 0.4) is 0 Å². The van der Waals surface area contributed by atoms with E-state index in [9.17, 15) is 45.0 Å². The number of carbonyl (C=O) groups is 4. The Morgan fingerprint density at radius 3 is 1.86 bits per heavy atom. The van der Waals surface area contributed by atoms with Gasteiger partial charge in [-0.15, -0.1) is 0 Å². The molecule has 0 aromatic heterocycles. The molecule has 5 aliphatic carbocycles. The fraction of sp³-hybridized carbons (Fsp3) is 0.880. The molecule has 0 bridgehead atoms. The van der Waals surface area contributed by atoms with Crippen LogP contribution in [-0.4, -0.2) is 135 Å². The van der Waals surface area contributed by atoms with Gasteiger partial charge >= 0.3 is 17.9 Å². The lowest BCUT2D eigenvalue weighted by molar-refractivity contribution is -0.371. The highest BCUT2D eigenvalue weighted by atomic mass is 16.8. The maximum Gasteiger partial charge on any atom is 0.338 e. The number of aliphatic carboxylic acids is 1. The van der Waals surface area contributed by atoms with Crippen molar-refractivity contribution >= 4 is 23.7 Å². The Hall–Kier alpha value is -2.54. The van der Waals surface area contributed by atoms with Crippen LogP contribution in [0.25, 0.3) is 0 Å². The van der Waals surface area contributed by atoms with Crippen molar-refractivity contribution in [2.45, 2.75) is 213 Å². The van der Waals surface area contributed by atoms with E-state index in [1.165, 1.54) is 0 Å². The third kappa shape index (κ3) is 8.41. The minimum Gasteiger partial charge on any atom is -0.481 e. The summed E-state index contributed by atoms with van der Waals surface area (Å²) in [5.41, 5.74) is -1.67. The number of ether oxygens (including phenoxy) is 6. The van der Waals surface area contributed by atoms with E-state index in [-0.39, 0.29) is 47.6 Å². The van der Waals surface area contributed by atoms with Gasteiger partial charge < -0.3 is 59.1 Å². The van der Waals surface area contributed by atoms with Crippen LogP contribution < -0.4 is 0 Å². The van der Waals surface area contributed by atoms with Crippen molar-refractivity contribution in [1.29, 1.82) is 0 Å². The molecule has 0 radical (unpaired) electrons. The Labute approximate surface area is 389 Å². The van der Waals surface area contributed by atoms with Crippen LogP contribution in [0.1, 0.15) is 146 Å². The Morgan fingerprint density at radius 1 is 0.697 bits per heavy atom. The van der Waals surface area contributed by atoms with E-state index in [0.717, 1.165) is 50.5 Å². The zero-order chi connectivity index (χ0) is 48.5. The van der Waals surface area contributed by atoms with Crippen LogP contribution in [0, 0.1) is 50.2 Å². The summed E-state index contributed by atoms with van der Waals surface area (Å²) in [5.74, 6) is -3.01. The number of carbonyl (C=O) groups excluding carboxylic acids is 3. The van der Waals surface area contributed by atoms with Crippen molar-refractivity contribution < 1.29 is 78.2 Å². The third-order valence-electron chi connectivity index (χ3n) is 18.7. The minimum atomic E-state index is -1.94. The first-order valence-electron chi connectivity index (χ1n) is 24.7. The molecule has 2 heterocycles. The molecule has 0 amide bonds. The number of unbranched alkanes of at least 4 members (excludes halogenated alkanes) is 2. The molecular formula is C50H78O16. The summed E-state index contributed by atoms with van der Waals surface area (Å²) in [6.07, 6.45) is -7.96. The fourth-order valence-electron chi connectivity index (χ4n) is 14.1. The Morgan fingerprint density at radius 2 is 1.27 bits per heavy atom. The molecule has 4 saturated carbocycles. The quantitative estimate of drug-likeness (QED) is 0.0828. The van der Waals surface area contributed by atoms with Gasteiger partial charge in [0.15, 0.2) is 30.6 Å². The number of aliphatic hydroxyl groups excluding tert-OH is 5. The molecule has 16 heteroatoms. The summed E-state index contributed by atoms with van der Waals surface area (Å²) < 4.78 is 35.5. The molecule has 6 fully saturated rings. The van der Waals surface area contributed by atoms with Crippen LogP contribution in [0.4, 0.5) is 0 Å². The van der Waals surface area contributed by atoms with Crippen LogP contribution in [0.5, 0.6) is 0 Å².